The van der Waals surface area contributed by atoms with Gasteiger partial charge in [-0.05, 0) is 43.4 Å². The minimum absolute atomic E-state index is 0. The van der Waals surface area contributed by atoms with E-state index in [-0.39, 0.29) is 36.6 Å². The molecule has 1 aromatic heterocycles. The van der Waals surface area contributed by atoms with E-state index in [0.29, 0.717) is 24.0 Å². The zero-order chi connectivity index (χ0) is 17.3. The Labute approximate surface area is 171 Å². The molecule has 0 bridgehead atoms. The van der Waals surface area contributed by atoms with Gasteiger partial charge in [0.05, 0.1) is 6.04 Å². The highest BCUT2D eigenvalue weighted by Gasteiger charge is 2.29. The zero-order valence-electron chi connectivity index (χ0n) is 15.0. The topological polar surface area (TPSA) is 72.4 Å². The molecule has 8 heteroatoms. The van der Waals surface area contributed by atoms with E-state index < -0.39 is 6.04 Å². The molecule has 2 N–H and O–H groups in total. The number of rotatable bonds is 4. The second-order valence-corrected chi connectivity index (χ2v) is 7.44. The summed E-state index contributed by atoms with van der Waals surface area (Å²) in [5.41, 5.74) is 7.57. The lowest BCUT2D eigenvalue weighted by atomic mass is 9.95. The number of likely N-dealkylation sites (tertiary alicyclic amines) is 1. The third-order valence-corrected chi connectivity index (χ3v) is 4.80. The zero-order valence-corrected chi connectivity index (χ0v) is 17.4. The number of aromatic nitrogens is 1. The molecule has 0 saturated carbocycles. The van der Waals surface area contributed by atoms with Crippen molar-refractivity contribution in [1.82, 2.24) is 9.88 Å². The van der Waals surface area contributed by atoms with Gasteiger partial charge in [-0.1, -0.05) is 25.4 Å². The second kappa shape index (κ2) is 9.79. The van der Waals surface area contributed by atoms with Crippen LogP contribution in [0.5, 0.6) is 0 Å². The standard InChI is InChI=1S/C18H24ClN3O2.2ClH/c1-11(2)9-14(20)18(23)22-7-5-12(6-8-22)17-21-15-10-13(19)3-4-16(15)24-17;;/h3-4,10-12,14H,5-9,20H2,1-2H3;2*1H/t14-;;/m0../s1. The van der Waals surface area contributed by atoms with Crippen molar-refractivity contribution < 1.29 is 9.21 Å². The van der Waals surface area contributed by atoms with Crippen molar-refractivity contribution in [2.45, 2.75) is 45.1 Å². The van der Waals surface area contributed by atoms with E-state index in [1.807, 2.05) is 17.0 Å². The van der Waals surface area contributed by atoms with Crippen LogP contribution in [0.4, 0.5) is 0 Å². The van der Waals surface area contributed by atoms with Crippen molar-refractivity contribution in [2.75, 3.05) is 13.1 Å². The molecular weight excluding hydrogens is 397 g/mol. The fraction of sp³-hybridized carbons (Fsp3) is 0.556. The highest BCUT2D eigenvalue weighted by molar-refractivity contribution is 6.31. The molecule has 1 fully saturated rings. The van der Waals surface area contributed by atoms with Gasteiger partial charge in [0, 0.05) is 24.0 Å². The molecule has 1 aliphatic rings. The lowest BCUT2D eigenvalue weighted by Gasteiger charge is -2.32. The summed E-state index contributed by atoms with van der Waals surface area (Å²) >= 11 is 6.00. The number of carbonyl (C=O) groups excluding carboxylic acids is 1. The number of hydrogen-bond donors (Lipinski definition) is 1. The lowest BCUT2D eigenvalue weighted by Crippen LogP contribution is -2.47. The molecule has 1 aromatic carbocycles. The van der Waals surface area contributed by atoms with E-state index in [9.17, 15) is 4.79 Å². The highest BCUT2D eigenvalue weighted by Crippen LogP contribution is 2.31. The summed E-state index contributed by atoms with van der Waals surface area (Å²) in [6.07, 6.45) is 2.42. The van der Waals surface area contributed by atoms with Crippen molar-refractivity contribution >= 4 is 53.4 Å². The predicted octanol–water partition coefficient (Wildman–Crippen LogP) is 4.40. The van der Waals surface area contributed by atoms with E-state index in [0.717, 1.165) is 36.3 Å². The van der Waals surface area contributed by atoms with Crippen molar-refractivity contribution in [3.05, 3.63) is 29.1 Å². The minimum Gasteiger partial charge on any atom is -0.440 e. The first-order valence-corrected chi connectivity index (χ1v) is 8.92. The summed E-state index contributed by atoms with van der Waals surface area (Å²) in [5.74, 6) is 1.46. The van der Waals surface area contributed by atoms with Gasteiger partial charge in [-0.2, -0.15) is 0 Å². The van der Waals surface area contributed by atoms with E-state index >= 15 is 0 Å². The predicted molar refractivity (Wildman–Crippen MR) is 110 cm³/mol. The summed E-state index contributed by atoms with van der Waals surface area (Å²) in [6.45, 7) is 5.57. The summed E-state index contributed by atoms with van der Waals surface area (Å²) in [6, 6.07) is 5.06. The maximum atomic E-state index is 12.4. The molecule has 0 spiro atoms. The minimum atomic E-state index is -0.395. The summed E-state index contributed by atoms with van der Waals surface area (Å²) in [4.78, 5) is 18.8. The Balaban J connectivity index is 0.00000169. The van der Waals surface area contributed by atoms with Crippen LogP contribution < -0.4 is 5.73 Å². The normalized spacial score (nSPS) is 16.3. The first kappa shape index (κ1) is 23.0. The Morgan fingerprint density at radius 1 is 1.35 bits per heavy atom. The van der Waals surface area contributed by atoms with Crippen LogP contribution in [0.15, 0.2) is 22.6 Å². The number of halogens is 3. The number of oxazole rings is 1. The summed E-state index contributed by atoms with van der Waals surface area (Å²) < 4.78 is 5.86. The SMILES string of the molecule is CC(C)C[C@H](N)C(=O)N1CCC(c2nc3cc(Cl)ccc3o2)CC1.Cl.Cl. The highest BCUT2D eigenvalue weighted by atomic mass is 35.5. The molecule has 2 heterocycles. The number of hydrogen-bond acceptors (Lipinski definition) is 4. The quantitative estimate of drug-likeness (QED) is 0.792. The van der Waals surface area contributed by atoms with Gasteiger partial charge < -0.3 is 15.1 Å². The van der Waals surface area contributed by atoms with E-state index in [2.05, 4.69) is 18.8 Å². The van der Waals surface area contributed by atoms with Crippen molar-refractivity contribution in [3.63, 3.8) is 0 Å². The van der Waals surface area contributed by atoms with Gasteiger partial charge in [-0.3, -0.25) is 4.79 Å². The second-order valence-electron chi connectivity index (χ2n) is 7.00. The van der Waals surface area contributed by atoms with Gasteiger partial charge in [0.1, 0.15) is 5.52 Å². The van der Waals surface area contributed by atoms with Gasteiger partial charge in [-0.15, -0.1) is 24.8 Å². The first-order chi connectivity index (χ1) is 11.4. The monoisotopic (exact) mass is 421 g/mol. The third-order valence-electron chi connectivity index (χ3n) is 4.56. The Morgan fingerprint density at radius 3 is 2.62 bits per heavy atom. The Hall–Kier alpha value is -1.01. The number of amides is 1. The van der Waals surface area contributed by atoms with Gasteiger partial charge in [0.2, 0.25) is 5.91 Å². The van der Waals surface area contributed by atoms with Gasteiger partial charge in [-0.25, -0.2) is 4.98 Å². The van der Waals surface area contributed by atoms with Crippen molar-refractivity contribution in [1.29, 1.82) is 0 Å². The molecule has 1 saturated heterocycles. The van der Waals surface area contributed by atoms with E-state index in [1.54, 1.807) is 6.07 Å². The van der Waals surface area contributed by atoms with Crippen LogP contribution in [0.3, 0.4) is 0 Å². The van der Waals surface area contributed by atoms with Gasteiger partial charge in [0.15, 0.2) is 11.5 Å². The summed E-state index contributed by atoms with van der Waals surface area (Å²) in [5, 5.41) is 0.655. The maximum absolute atomic E-state index is 12.4. The number of carbonyl (C=O) groups is 1. The number of nitrogens with zero attached hydrogens (tertiary/aromatic N) is 2. The van der Waals surface area contributed by atoms with Gasteiger partial charge >= 0.3 is 0 Å². The molecule has 146 valence electrons. The average Bonchev–Trinajstić information content (AvgIpc) is 2.96. The molecular formula is C18H26Cl3N3O2. The first-order valence-electron chi connectivity index (χ1n) is 8.54. The Bertz CT molecular complexity index is 728. The van der Waals surface area contributed by atoms with Gasteiger partial charge in [0.25, 0.3) is 0 Å². The molecule has 1 atom stereocenters. The molecule has 26 heavy (non-hydrogen) atoms. The fourth-order valence-electron chi connectivity index (χ4n) is 3.28. The van der Waals surface area contributed by atoms with Crippen LogP contribution in [0.1, 0.15) is 44.9 Å². The number of benzene rings is 1. The molecule has 1 amide bonds. The van der Waals surface area contributed by atoms with Crippen molar-refractivity contribution in [3.8, 4) is 0 Å². The van der Waals surface area contributed by atoms with Crippen LogP contribution in [-0.2, 0) is 4.79 Å². The van der Waals surface area contributed by atoms with Crippen LogP contribution in [0, 0.1) is 5.92 Å². The van der Waals surface area contributed by atoms with E-state index in [1.165, 1.54) is 0 Å². The number of nitrogens with two attached hydrogens (primary N) is 1. The molecule has 5 nitrogen and oxygen atoms in total. The van der Waals surface area contributed by atoms with Crippen LogP contribution in [0.2, 0.25) is 5.02 Å². The molecule has 0 radical (unpaired) electrons. The average molecular weight is 423 g/mol. The van der Waals surface area contributed by atoms with Crippen LogP contribution in [0.25, 0.3) is 11.1 Å². The number of piperidine rings is 1. The van der Waals surface area contributed by atoms with Crippen LogP contribution >= 0.6 is 36.4 Å². The Kier molecular flexibility index (Phi) is 8.67. The fourth-order valence-corrected chi connectivity index (χ4v) is 3.45. The molecule has 1 aliphatic heterocycles. The lowest BCUT2D eigenvalue weighted by molar-refractivity contribution is -0.134. The molecule has 0 unspecified atom stereocenters. The van der Waals surface area contributed by atoms with Crippen LogP contribution in [-0.4, -0.2) is 34.9 Å². The maximum Gasteiger partial charge on any atom is 0.239 e. The summed E-state index contributed by atoms with van der Waals surface area (Å²) in [7, 11) is 0. The third kappa shape index (κ3) is 5.26. The number of fused-ring (bicyclic) bond motifs is 1. The molecule has 2 aromatic rings. The largest absolute Gasteiger partial charge is 0.440 e. The van der Waals surface area contributed by atoms with Crippen molar-refractivity contribution in [2.24, 2.45) is 11.7 Å². The molecule has 3 rings (SSSR count). The molecule has 0 aliphatic carbocycles. The Morgan fingerprint density at radius 2 is 2.00 bits per heavy atom. The smallest absolute Gasteiger partial charge is 0.239 e. The van der Waals surface area contributed by atoms with E-state index in [4.69, 9.17) is 21.8 Å².